The molecule has 96 valence electrons. The Bertz CT molecular complexity index is 629. The molecule has 0 aromatic heterocycles. The van der Waals surface area contributed by atoms with E-state index in [9.17, 15) is 17.8 Å². The van der Waals surface area contributed by atoms with E-state index in [4.69, 9.17) is 11.6 Å². The molecule has 1 aromatic rings. The summed E-state index contributed by atoms with van der Waals surface area (Å²) in [6, 6.07) is 6.63. The number of halogens is 1. The maximum absolute atomic E-state index is 11.6. The zero-order valence-corrected chi connectivity index (χ0v) is 13.7. The smallest absolute Gasteiger partial charge is 0.747 e. The van der Waals surface area contributed by atoms with Crippen LogP contribution in [0.2, 0.25) is 5.02 Å². The Morgan fingerprint density at radius 3 is 2.58 bits per heavy atom. The molecule has 1 unspecified atom stereocenters. The average molecular weight is 310 g/mol. The number of carbonyl (C=O) groups is 1. The molecule has 0 saturated carbocycles. The fourth-order valence-electron chi connectivity index (χ4n) is 1.65. The minimum atomic E-state index is -4.48. The molecular formula is C11H9ClNNaO4S. The van der Waals surface area contributed by atoms with E-state index in [-0.39, 0.29) is 41.7 Å². The number of anilines is 1. The molecular weight excluding hydrogens is 301 g/mol. The van der Waals surface area contributed by atoms with Crippen LogP contribution in [0, 0.1) is 0 Å². The minimum Gasteiger partial charge on any atom is -0.747 e. The van der Waals surface area contributed by atoms with E-state index in [1.165, 1.54) is 0 Å². The van der Waals surface area contributed by atoms with Gasteiger partial charge in [0, 0.05) is 17.1 Å². The molecule has 1 N–H and O–H groups in total. The van der Waals surface area contributed by atoms with Crippen molar-refractivity contribution in [2.75, 3.05) is 5.32 Å². The third kappa shape index (κ3) is 4.30. The molecule has 0 radical (unpaired) electrons. The van der Waals surface area contributed by atoms with Gasteiger partial charge in [-0.05, 0) is 24.3 Å². The zero-order chi connectivity index (χ0) is 13.3. The first-order chi connectivity index (χ1) is 8.36. The van der Waals surface area contributed by atoms with Gasteiger partial charge in [-0.15, -0.1) is 0 Å². The monoisotopic (exact) mass is 309 g/mol. The molecule has 8 heteroatoms. The molecule has 1 atom stereocenters. The predicted octanol–water partition coefficient (Wildman–Crippen LogP) is -1.47. The normalized spacial score (nSPS) is 18.7. The molecule has 0 bridgehead atoms. The van der Waals surface area contributed by atoms with Crippen LogP contribution in [0.4, 0.5) is 5.69 Å². The third-order valence-corrected chi connectivity index (χ3v) is 3.79. The standard InChI is InChI=1S/C11H10ClNO4S.Na/c12-7-2-1-3-8(4-7)13-10-5-9(6-11(10)14)18(15,16)17;/h1-5,9,13H,6H2,(H,15,16,17);/q;+1/p-1. The molecule has 0 saturated heterocycles. The van der Waals surface area contributed by atoms with Crippen LogP contribution in [0.1, 0.15) is 6.42 Å². The summed E-state index contributed by atoms with van der Waals surface area (Å²) in [6.07, 6.45) is 0.834. The van der Waals surface area contributed by atoms with Crippen LogP contribution in [-0.2, 0) is 14.9 Å². The second-order valence-corrected chi connectivity index (χ2v) is 5.90. The van der Waals surface area contributed by atoms with Crippen molar-refractivity contribution >= 4 is 33.2 Å². The van der Waals surface area contributed by atoms with Crippen molar-refractivity contribution in [1.29, 1.82) is 0 Å². The van der Waals surface area contributed by atoms with Crippen LogP contribution < -0.4 is 34.9 Å². The molecule has 1 aliphatic rings. The van der Waals surface area contributed by atoms with Crippen molar-refractivity contribution in [1.82, 2.24) is 0 Å². The van der Waals surface area contributed by atoms with Gasteiger partial charge in [0.2, 0.25) is 0 Å². The number of nitrogens with one attached hydrogen (secondary N) is 1. The molecule has 0 spiro atoms. The molecule has 0 heterocycles. The second-order valence-electron chi connectivity index (χ2n) is 3.87. The van der Waals surface area contributed by atoms with Gasteiger partial charge in [-0.1, -0.05) is 17.7 Å². The SMILES string of the molecule is O=C1CC(S(=O)(=O)[O-])C=C1Nc1cccc(Cl)c1.[Na+]. The van der Waals surface area contributed by atoms with Crippen molar-refractivity contribution in [3.63, 3.8) is 0 Å². The van der Waals surface area contributed by atoms with Gasteiger partial charge in [-0.3, -0.25) is 4.79 Å². The van der Waals surface area contributed by atoms with Crippen LogP contribution in [0.15, 0.2) is 36.0 Å². The molecule has 0 fully saturated rings. The summed E-state index contributed by atoms with van der Waals surface area (Å²) in [5.74, 6) is -0.403. The van der Waals surface area contributed by atoms with Crippen LogP contribution in [0.3, 0.4) is 0 Å². The summed E-state index contributed by atoms with van der Waals surface area (Å²) in [5.41, 5.74) is 0.674. The number of hydrogen-bond donors (Lipinski definition) is 1. The molecule has 5 nitrogen and oxygen atoms in total. The molecule has 1 aliphatic carbocycles. The van der Waals surface area contributed by atoms with E-state index in [0.717, 1.165) is 6.08 Å². The van der Waals surface area contributed by atoms with Crippen LogP contribution in [0.5, 0.6) is 0 Å². The predicted molar refractivity (Wildman–Crippen MR) is 66.3 cm³/mol. The third-order valence-electron chi connectivity index (χ3n) is 2.51. The Kier molecular flexibility index (Phi) is 5.61. The Morgan fingerprint density at radius 2 is 2.05 bits per heavy atom. The summed E-state index contributed by atoms with van der Waals surface area (Å²) < 4.78 is 32.5. The first kappa shape index (κ1) is 16.7. The van der Waals surface area contributed by atoms with Crippen LogP contribution >= 0.6 is 11.6 Å². The van der Waals surface area contributed by atoms with E-state index in [1.807, 2.05) is 0 Å². The van der Waals surface area contributed by atoms with Gasteiger partial charge in [0.25, 0.3) is 0 Å². The van der Waals surface area contributed by atoms with Gasteiger partial charge < -0.3 is 9.87 Å². The van der Waals surface area contributed by atoms with Crippen molar-refractivity contribution in [2.45, 2.75) is 11.7 Å². The fraction of sp³-hybridized carbons (Fsp3) is 0.182. The van der Waals surface area contributed by atoms with Crippen LogP contribution in [-0.4, -0.2) is 24.0 Å². The van der Waals surface area contributed by atoms with Gasteiger partial charge in [0.15, 0.2) is 5.78 Å². The number of benzene rings is 1. The molecule has 2 rings (SSSR count). The Labute approximate surface area is 138 Å². The van der Waals surface area contributed by atoms with Crippen molar-refractivity contribution < 1.29 is 47.3 Å². The van der Waals surface area contributed by atoms with Crippen LogP contribution in [0.25, 0.3) is 0 Å². The average Bonchev–Trinajstić information content (AvgIpc) is 2.60. The van der Waals surface area contributed by atoms with Crippen molar-refractivity contribution in [3.05, 3.63) is 41.1 Å². The summed E-state index contributed by atoms with van der Waals surface area (Å²) in [5, 5.41) is 1.96. The quantitative estimate of drug-likeness (QED) is 0.544. The summed E-state index contributed by atoms with van der Waals surface area (Å²) >= 11 is 5.78. The van der Waals surface area contributed by atoms with E-state index in [1.54, 1.807) is 24.3 Å². The van der Waals surface area contributed by atoms with E-state index in [0.29, 0.717) is 10.7 Å². The topological polar surface area (TPSA) is 86.3 Å². The molecule has 0 amide bonds. The Balaban J connectivity index is 0.00000180. The van der Waals surface area contributed by atoms with Gasteiger partial charge >= 0.3 is 29.6 Å². The number of rotatable bonds is 3. The largest absolute Gasteiger partial charge is 1.00 e. The number of allylic oxidation sites excluding steroid dienone is 1. The number of Topliss-reactive ketones (excluding diaryl/α,β-unsaturated/α-hetero) is 1. The number of carbonyl (C=O) groups excluding carboxylic acids is 1. The number of ketones is 1. The van der Waals surface area contributed by atoms with Crippen molar-refractivity contribution in [3.8, 4) is 0 Å². The van der Waals surface area contributed by atoms with Gasteiger partial charge in [0.05, 0.1) is 10.9 Å². The minimum absolute atomic E-state index is 0. The fourth-order valence-corrected chi connectivity index (χ4v) is 2.50. The molecule has 0 aliphatic heterocycles. The van der Waals surface area contributed by atoms with E-state index >= 15 is 0 Å². The van der Waals surface area contributed by atoms with Gasteiger partial charge in [-0.2, -0.15) is 0 Å². The molecule has 19 heavy (non-hydrogen) atoms. The van der Waals surface area contributed by atoms with E-state index in [2.05, 4.69) is 5.32 Å². The second kappa shape index (κ2) is 6.39. The maximum Gasteiger partial charge on any atom is 1.00 e. The molecule has 1 aromatic carbocycles. The van der Waals surface area contributed by atoms with Crippen molar-refractivity contribution in [2.24, 2.45) is 0 Å². The maximum atomic E-state index is 11.6. The first-order valence-corrected chi connectivity index (χ1v) is 6.93. The number of hydrogen-bond acceptors (Lipinski definition) is 5. The van der Waals surface area contributed by atoms with E-state index < -0.39 is 21.2 Å². The Hall–Kier alpha value is -0.370. The van der Waals surface area contributed by atoms with Gasteiger partial charge in [0.1, 0.15) is 10.1 Å². The summed E-state index contributed by atoms with van der Waals surface area (Å²) in [7, 11) is -4.48. The summed E-state index contributed by atoms with van der Waals surface area (Å²) in [4.78, 5) is 11.6. The summed E-state index contributed by atoms with van der Waals surface area (Å²) in [6.45, 7) is 0. The van der Waals surface area contributed by atoms with Gasteiger partial charge in [-0.25, -0.2) is 8.42 Å². The Morgan fingerprint density at radius 1 is 1.37 bits per heavy atom. The first-order valence-electron chi connectivity index (χ1n) is 5.08. The zero-order valence-electron chi connectivity index (χ0n) is 10.1.